The number of anilines is 1. The fraction of sp³-hybridized carbons (Fsp3) is 0.188. The molecule has 0 aliphatic carbocycles. The molecule has 0 bridgehead atoms. The van der Waals surface area contributed by atoms with Gasteiger partial charge >= 0.3 is 0 Å². The summed E-state index contributed by atoms with van der Waals surface area (Å²) >= 11 is 1.28. The van der Waals surface area contributed by atoms with Gasteiger partial charge in [0.1, 0.15) is 5.75 Å². The largest absolute Gasteiger partial charge is 0.506 e. The fourth-order valence-electron chi connectivity index (χ4n) is 1.89. The second kappa shape index (κ2) is 7.15. The smallest absolute Gasteiger partial charge is 0.269 e. The number of carbonyl (C=O) groups excluding carboxylic acids is 1. The number of phenolic OH excluding ortho intramolecular Hbond substituents is 1. The van der Waals surface area contributed by atoms with Gasteiger partial charge < -0.3 is 10.4 Å². The van der Waals surface area contributed by atoms with E-state index in [1.54, 1.807) is 37.3 Å². The molecule has 6 nitrogen and oxygen atoms in total. The van der Waals surface area contributed by atoms with E-state index in [-0.39, 0.29) is 17.3 Å². The Morgan fingerprint density at radius 1 is 1.26 bits per heavy atom. The Kier molecular flexibility index (Phi) is 5.23. The highest BCUT2D eigenvalue weighted by atomic mass is 32.2. The van der Waals surface area contributed by atoms with Crippen LogP contribution in [-0.2, 0) is 4.79 Å². The minimum atomic E-state index is -0.468. The lowest BCUT2D eigenvalue weighted by Gasteiger charge is -2.13. The number of thioether (sulfide) groups is 1. The number of aromatic hydroxyl groups is 1. The van der Waals surface area contributed by atoms with Crippen molar-refractivity contribution in [3.8, 4) is 5.75 Å². The average molecular weight is 332 g/mol. The Balaban J connectivity index is 2.00. The molecule has 120 valence electrons. The molecular formula is C16H16N2O4S. The third-order valence-corrected chi connectivity index (χ3v) is 4.25. The summed E-state index contributed by atoms with van der Waals surface area (Å²) in [6.07, 6.45) is 0. The summed E-state index contributed by atoms with van der Waals surface area (Å²) in [7, 11) is 0. The number of phenols is 1. The molecule has 2 N–H and O–H groups in total. The van der Waals surface area contributed by atoms with Crippen molar-refractivity contribution in [3.05, 3.63) is 58.1 Å². The maximum absolute atomic E-state index is 12.2. The summed E-state index contributed by atoms with van der Waals surface area (Å²) in [6, 6.07) is 11.0. The van der Waals surface area contributed by atoms with Crippen LogP contribution < -0.4 is 5.32 Å². The molecule has 0 fully saturated rings. The number of carbonyl (C=O) groups is 1. The summed E-state index contributed by atoms with van der Waals surface area (Å²) in [5.41, 5.74) is 1.27. The van der Waals surface area contributed by atoms with Gasteiger partial charge in [-0.25, -0.2) is 0 Å². The summed E-state index contributed by atoms with van der Waals surface area (Å²) in [5.74, 6) is -0.238. The average Bonchev–Trinajstić information content (AvgIpc) is 2.50. The van der Waals surface area contributed by atoms with E-state index in [0.29, 0.717) is 5.69 Å². The highest BCUT2D eigenvalue weighted by Gasteiger charge is 2.16. The van der Waals surface area contributed by atoms with Crippen molar-refractivity contribution in [2.75, 3.05) is 5.32 Å². The normalized spacial score (nSPS) is 11.7. The molecule has 1 unspecified atom stereocenters. The number of nitro groups is 1. The molecule has 2 aromatic carbocycles. The highest BCUT2D eigenvalue weighted by Crippen LogP contribution is 2.28. The Labute approximate surface area is 137 Å². The van der Waals surface area contributed by atoms with Gasteiger partial charge in [-0.1, -0.05) is 6.07 Å². The summed E-state index contributed by atoms with van der Waals surface area (Å²) in [4.78, 5) is 23.1. The molecule has 0 saturated carbocycles. The third kappa shape index (κ3) is 4.46. The SMILES string of the molecule is Cc1ccc(NC(=O)C(C)Sc2ccc([N+](=O)[O-])cc2)c(O)c1. The zero-order valence-corrected chi connectivity index (χ0v) is 13.5. The number of rotatable bonds is 5. The molecule has 0 aliphatic rings. The summed E-state index contributed by atoms with van der Waals surface area (Å²) in [6.45, 7) is 3.57. The molecular weight excluding hydrogens is 316 g/mol. The molecule has 7 heteroatoms. The molecule has 1 amide bonds. The van der Waals surface area contributed by atoms with Crippen LogP contribution in [0, 0.1) is 17.0 Å². The predicted octanol–water partition coefficient (Wildman–Crippen LogP) is 3.73. The van der Waals surface area contributed by atoms with Crippen LogP contribution in [0.2, 0.25) is 0 Å². The van der Waals surface area contributed by atoms with E-state index < -0.39 is 10.2 Å². The second-order valence-electron chi connectivity index (χ2n) is 5.02. The molecule has 1 atom stereocenters. The molecule has 0 spiro atoms. The molecule has 0 aromatic heterocycles. The highest BCUT2D eigenvalue weighted by molar-refractivity contribution is 8.00. The van der Waals surface area contributed by atoms with Crippen LogP contribution in [0.3, 0.4) is 0 Å². The van der Waals surface area contributed by atoms with E-state index in [0.717, 1.165) is 10.5 Å². The van der Waals surface area contributed by atoms with E-state index >= 15 is 0 Å². The predicted molar refractivity (Wildman–Crippen MR) is 89.9 cm³/mol. The Hall–Kier alpha value is -2.54. The first-order chi connectivity index (χ1) is 10.9. The van der Waals surface area contributed by atoms with Gasteiger partial charge in [0.2, 0.25) is 5.91 Å². The minimum absolute atomic E-state index is 0.0102. The number of aryl methyl sites for hydroxylation is 1. The number of non-ortho nitro benzene ring substituents is 1. The maximum atomic E-state index is 12.2. The van der Waals surface area contributed by atoms with E-state index in [4.69, 9.17) is 0 Å². The third-order valence-electron chi connectivity index (χ3n) is 3.14. The first kappa shape index (κ1) is 16.8. The van der Waals surface area contributed by atoms with Crippen LogP contribution in [0.25, 0.3) is 0 Å². The zero-order valence-electron chi connectivity index (χ0n) is 12.6. The first-order valence-corrected chi connectivity index (χ1v) is 7.76. The zero-order chi connectivity index (χ0) is 17.0. The Morgan fingerprint density at radius 2 is 1.91 bits per heavy atom. The van der Waals surface area contributed by atoms with Gasteiger partial charge in [-0.05, 0) is 43.7 Å². The van der Waals surface area contributed by atoms with Gasteiger partial charge in [0.25, 0.3) is 5.69 Å². The van der Waals surface area contributed by atoms with E-state index in [9.17, 15) is 20.0 Å². The lowest BCUT2D eigenvalue weighted by atomic mass is 10.2. The fourth-order valence-corrected chi connectivity index (χ4v) is 2.75. The summed E-state index contributed by atoms with van der Waals surface area (Å²) < 4.78 is 0. The van der Waals surface area contributed by atoms with Gasteiger partial charge in [-0.15, -0.1) is 11.8 Å². The van der Waals surface area contributed by atoms with Crippen molar-refractivity contribution in [2.45, 2.75) is 24.0 Å². The number of hydrogen-bond donors (Lipinski definition) is 2. The number of amides is 1. The maximum Gasteiger partial charge on any atom is 0.269 e. The minimum Gasteiger partial charge on any atom is -0.506 e. The van der Waals surface area contributed by atoms with Gasteiger partial charge in [-0.3, -0.25) is 14.9 Å². The van der Waals surface area contributed by atoms with Gasteiger partial charge in [-0.2, -0.15) is 0 Å². The van der Waals surface area contributed by atoms with Gasteiger partial charge in [0, 0.05) is 17.0 Å². The standard InChI is InChI=1S/C16H16N2O4S/c1-10-3-8-14(15(19)9-10)17-16(20)11(2)23-13-6-4-12(5-7-13)18(21)22/h3-9,11,19H,1-2H3,(H,17,20). The van der Waals surface area contributed by atoms with Crippen molar-refractivity contribution < 1.29 is 14.8 Å². The van der Waals surface area contributed by atoms with E-state index in [1.165, 1.54) is 23.9 Å². The molecule has 2 aromatic rings. The van der Waals surface area contributed by atoms with Crippen LogP contribution in [0.15, 0.2) is 47.4 Å². The quantitative estimate of drug-likeness (QED) is 0.377. The number of nitro benzene ring substituents is 1. The van der Waals surface area contributed by atoms with Crippen LogP contribution in [0.4, 0.5) is 11.4 Å². The number of benzene rings is 2. The van der Waals surface area contributed by atoms with E-state index in [1.807, 2.05) is 6.92 Å². The summed E-state index contributed by atoms with van der Waals surface area (Å²) in [5, 5.41) is 22.7. The van der Waals surface area contributed by atoms with Gasteiger partial charge in [0.15, 0.2) is 0 Å². The van der Waals surface area contributed by atoms with Gasteiger partial charge in [0.05, 0.1) is 15.9 Å². The van der Waals surface area contributed by atoms with Crippen molar-refractivity contribution >= 4 is 29.0 Å². The topological polar surface area (TPSA) is 92.5 Å². The van der Waals surface area contributed by atoms with Crippen LogP contribution >= 0.6 is 11.8 Å². The Bertz CT molecular complexity index is 731. The van der Waals surface area contributed by atoms with Crippen molar-refractivity contribution in [1.82, 2.24) is 0 Å². The van der Waals surface area contributed by atoms with Crippen molar-refractivity contribution in [2.24, 2.45) is 0 Å². The molecule has 0 radical (unpaired) electrons. The number of hydrogen-bond acceptors (Lipinski definition) is 5. The van der Waals surface area contributed by atoms with Crippen LogP contribution in [0.5, 0.6) is 5.75 Å². The second-order valence-corrected chi connectivity index (χ2v) is 6.44. The Morgan fingerprint density at radius 3 is 2.48 bits per heavy atom. The molecule has 2 rings (SSSR count). The lowest BCUT2D eigenvalue weighted by Crippen LogP contribution is -2.22. The van der Waals surface area contributed by atoms with Crippen LogP contribution in [-0.4, -0.2) is 21.2 Å². The molecule has 0 saturated heterocycles. The number of nitrogens with one attached hydrogen (secondary N) is 1. The molecule has 23 heavy (non-hydrogen) atoms. The molecule has 0 heterocycles. The number of nitrogens with zero attached hydrogens (tertiary/aromatic N) is 1. The van der Waals surface area contributed by atoms with Crippen molar-refractivity contribution in [3.63, 3.8) is 0 Å². The van der Waals surface area contributed by atoms with Crippen molar-refractivity contribution in [1.29, 1.82) is 0 Å². The lowest BCUT2D eigenvalue weighted by molar-refractivity contribution is -0.384. The van der Waals surface area contributed by atoms with E-state index in [2.05, 4.69) is 5.32 Å². The monoisotopic (exact) mass is 332 g/mol. The first-order valence-electron chi connectivity index (χ1n) is 6.88. The molecule has 0 aliphatic heterocycles. The van der Waals surface area contributed by atoms with Crippen LogP contribution in [0.1, 0.15) is 12.5 Å².